The third-order valence-electron chi connectivity index (χ3n) is 2.93. The maximum atomic E-state index is 3.49. The van der Waals surface area contributed by atoms with Gasteiger partial charge in [-0.2, -0.15) is 11.3 Å². The van der Waals surface area contributed by atoms with Crippen molar-refractivity contribution in [1.29, 1.82) is 0 Å². The zero-order valence-electron chi connectivity index (χ0n) is 10.5. The number of thiophene rings is 2. The van der Waals surface area contributed by atoms with Gasteiger partial charge in [0.1, 0.15) is 0 Å². The van der Waals surface area contributed by atoms with Crippen molar-refractivity contribution in [2.45, 2.75) is 13.1 Å². The van der Waals surface area contributed by atoms with Crippen molar-refractivity contribution in [3.63, 3.8) is 0 Å². The van der Waals surface area contributed by atoms with Gasteiger partial charge in [-0.05, 0) is 40.1 Å². The van der Waals surface area contributed by atoms with E-state index < -0.39 is 0 Å². The molecule has 96 valence electrons. The second-order valence-corrected chi connectivity index (χ2v) is 6.32. The van der Waals surface area contributed by atoms with Gasteiger partial charge in [0, 0.05) is 22.8 Å². The number of benzene rings is 1. The van der Waals surface area contributed by atoms with Gasteiger partial charge in [-0.1, -0.05) is 30.3 Å². The summed E-state index contributed by atoms with van der Waals surface area (Å²) >= 11 is 3.61. The van der Waals surface area contributed by atoms with Gasteiger partial charge in [0.05, 0.1) is 0 Å². The molecule has 0 aliphatic heterocycles. The van der Waals surface area contributed by atoms with E-state index in [0.29, 0.717) is 0 Å². The molecule has 0 radical (unpaired) electrons. The van der Waals surface area contributed by atoms with Crippen LogP contribution in [0.25, 0.3) is 10.4 Å². The highest BCUT2D eigenvalue weighted by atomic mass is 32.1. The van der Waals surface area contributed by atoms with Crippen LogP contribution >= 0.6 is 22.7 Å². The predicted molar refractivity (Wildman–Crippen MR) is 84.6 cm³/mol. The van der Waals surface area contributed by atoms with E-state index in [-0.39, 0.29) is 0 Å². The first-order chi connectivity index (χ1) is 9.42. The van der Waals surface area contributed by atoms with E-state index in [1.807, 2.05) is 11.3 Å². The van der Waals surface area contributed by atoms with Crippen LogP contribution in [0.2, 0.25) is 0 Å². The molecule has 2 aromatic heterocycles. The Labute approximate surface area is 121 Å². The van der Waals surface area contributed by atoms with Crippen LogP contribution in [0.5, 0.6) is 0 Å². The van der Waals surface area contributed by atoms with Crippen molar-refractivity contribution in [2.24, 2.45) is 0 Å². The Morgan fingerprint density at radius 2 is 1.79 bits per heavy atom. The van der Waals surface area contributed by atoms with E-state index in [1.165, 1.54) is 20.9 Å². The van der Waals surface area contributed by atoms with E-state index in [1.54, 1.807) is 11.3 Å². The first-order valence-electron chi connectivity index (χ1n) is 6.28. The van der Waals surface area contributed by atoms with Crippen LogP contribution in [0, 0.1) is 0 Å². The third kappa shape index (κ3) is 3.32. The minimum Gasteiger partial charge on any atom is -0.308 e. The molecule has 0 unspecified atom stereocenters. The highest BCUT2D eigenvalue weighted by Crippen LogP contribution is 2.27. The third-order valence-corrected chi connectivity index (χ3v) is 4.79. The summed E-state index contributed by atoms with van der Waals surface area (Å²) in [6.07, 6.45) is 0. The van der Waals surface area contributed by atoms with Crippen molar-refractivity contribution in [2.75, 3.05) is 0 Å². The molecule has 0 aliphatic rings. The molecular formula is C16H15NS2. The first kappa shape index (κ1) is 12.6. The topological polar surface area (TPSA) is 12.0 Å². The molecule has 0 atom stereocenters. The van der Waals surface area contributed by atoms with Crippen LogP contribution in [0.3, 0.4) is 0 Å². The van der Waals surface area contributed by atoms with Gasteiger partial charge in [0.15, 0.2) is 0 Å². The lowest BCUT2D eigenvalue weighted by Crippen LogP contribution is -2.10. The smallest absolute Gasteiger partial charge is 0.0346 e. The van der Waals surface area contributed by atoms with Gasteiger partial charge >= 0.3 is 0 Å². The summed E-state index contributed by atoms with van der Waals surface area (Å²) in [6, 6.07) is 17.1. The zero-order chi connectivity index (χ0) is 12.9. The van der Waals surface area contributed by atoms with E-state index in [9.17, 15) is 0 Å². The van der Waals surface area contributed by atoms with Gasteiger partial charge in [0.2, 0.25) is 0 Å². The van der Waals surface area contributed by atoms with Crippen molar-refractivity contribution in [1.82, 2.24) is 5.32 Å². The van der Waals surface area contributed by atoms with Crippen LogP contribution in [-0.2, 0) is 13.1 Å². The summed E-state index contributed by atoms with van der Waals surface area (Å²) in [7, 11) is 0. The second kappa shape index (κ2) is 6.15. The summed E-state index contributed by atoms with van der Waals surface area (Å²) in [5, 5.41) is 7.80. The Bertz CT molecular complexity index is 611. The van der Waals surface area contributed by atoms with Gasteiger partial charge in [0.25, 0.3) is 0 Å². The van der Waals surface area contributed by atoms with Crippen molar-refractivity contribution in [3.8, 4) is 10.4 Å². The maximum Gasteiger partial charge on any atom is 0.0346 e. The van der Waals surface area contributed by atoms with Gasteiger partial charge in [-0.3, -0.25) is 0 Å². The number of hydrogen-bond acceptors (Lipinski definition) is 3. The van der Waals surface area contributed by atoms with Crippen LogP contribution in [0.1, 0.15) is 10.4 Å². The molecule has 3 rings (SSSR count). The highest BCUT2D eigenvalue weighted by Gasteiger charge is 2.02. The second-order valence-electron chi connectivity index (χ2n) is 4.37. The molecule has 0 bridgehead atoms. The summed E-state index contributed by atoms with van der Waals surface area (Å²) in [5.74, 6) is 0. The standard InChI is InChI=1S/C16H15NS2/c1-2-4-14(5-3-1)16-7-6-15(19-16)11-17-10-13-8-9-18-12-13/h1-9,12,17H,10-11H2. The SMILES string of the molecule is c1ccc(-c2ccc(CNCc3ccsc3)s2)cc1. The fraction of sp³-hybridized carbons (Fsp3) is 0.125. The van der Waals surface area contributed by atoms with E-state index in [2.05, 4.69) is 64.6 Å². The highest BCUT2D eigenvalue weighted by molar-refractivity contribution is 7.15. The molecule has 1 aromatic carbocycles. The molecular weight excluding hydrogens is 270 g/mol. The molecule has 0 aliphatic carbocycles. The van der Waals surface area contributed by atoms with Crippen molar-refractivity contribution in [3.05, 3.63) is 69.7 Å². The Morgan fingerprint density at radius 3 is 2.58 bits per heavy atom. The lowest BCUT2D eigenvalue weighted by molar-refractivity contribution is 0.702. The van der Waals surface area contributed by atoms with Gasteiger partial charge < -0.3 is 5.32 Å². The Balaban J connectivity index is 1.59. The molecule has 3 heteroatoms. The molecule has 0 saturated carbocycles. The Morgan fingerprint density at radius 1 is 0.895 bits per heavy atom. The molecule has 19 heavy (non-hydrogen) atoms. The van der Waals surface area contributed by atoms with E-state index >= 15 is 0 Å². The van der Waals surface area contributed by atoms with Gasteiger partial charge in [-0.25, -0.2) is 0 Å². The molecule has 3 aromatic rings. The maximum absolute atomic E-state index is 3.49. The molecule has 2 heterocycles. The first-order valence-corrected chi connectivity index (χ1v) is 8.04. The molecule has 0 amide bonds. The van der Waals surface area contributed by atoms with Crippen LogP contribution in [0.15, 0.2) is 59.3 Å². The molecule has 0 spiro atoms. The summed E-state index contributed by atoms with van der Waals surface area (Å²) in [6.45, 7) is 1.88. The van der Waals surface area contributed by atoms with Crippen LogP contribution in [0.4, 0.5) is 0 Å². The van der Waals surface area contributed by atoms with E-state index in [0.717, 1.165) is 13.1 Å². The summed E-state index contributed by atoms with van der Waals surface area (Å²) in [5.41, 5.74) is 2.67. The zero-order valence-corrected chi connectivity index (χ0v) is 12.1. The predicted octanol–water partition coefficient (Wildman–Crippen LogP) is 4.77. The van der Waals surface area contributed by atoms with Crippen molar-refractivity contribution >= 4 is 22.7 Å². The summed E-state index contributed by atoms with van der Waals surface area (Å²) in [4.78, 5) is 2.72. The molecule has 0 fully saturated rings. The summed E-state index contributed by atoms with van der Waals surface area (Å²) < 4.78 is 0. The van der Waals surface area contributed by atoms with Crippen LogP contribution < -0.4 is 5.32 Å². The quantitative estimate of drug-likeness (QED) is 0.712. The van der Waals surface area contributed by atoms with E-state index in [4.69, 9.17) is 0 Å². The molecule has 1 nitrogen and oxygen atoms in total. The average Bonchev–Trinajstić information content (AvgIpc) is 3.11. The lowest BCUT2D eigenvalue weighted by atomic mass is 10.2. The van der Waals surface area contributed by atoms with Crippen LogP contribution in [-0.4, -0.2) is 0 Å². The lowest BCUT2D eigenvalue weighted by Gasteiger charge is -2.00. The van der Waals surface area contributed by atoms with Crippen molar-refractivity contribution < 1.29 is 0 Å². The Hall–Kier alpha value is -1.42. The Kier molecular flexibility index (Phi) is 4.08. The fourth-order valence-electron chi connectivity index (χ4n) is 1.95. The number of hydrogen-bond donors (Lipinski definition) is 1. The fourth-order valence-corrected chi connectivity index (χ4v) is 3.61. The molecule has 0 saturated heterocycles. The average molecular weight is 285 g/mol. The largest absolute Gasteiger partial charge is 0.308 e. The number of nitrogens with one attached hydrogen (secondary N) is 1. The minimum atomic E-state index is 0.938. The molecule has 1 N–H and O–H groups in total. The monoisotopic (exact) mass is 285 g/mol. The van der Waals surface area contributed by atoms with Gasteiger partial charge in [-0.15, -0.1) is 11.3 Å². The minimum absolute atomic E-state index is 0.938. The number of rotatable bonds is 5. The normalized spacial score (nSPS) is 10.7.